The first-order valence-corrected chi connectivity index (χ1v) is 12.1. The van der Waals surface area contributed by atoms with Crippen LogP contribution in [0.3, 0.4) is 0 Å². The van der Waals surface area contributed by atoms with Gasteiger partial charge in [-0.3, -0.25) is 4.79 Å². The molecule has 7 nitrogen and oxygen atoms in total. The van der Waals surface area contributed by atoms with E-state index in [4.69, 9.17) is 0 Å². The number of fused-ring (bicyclic) bond motifs is 1. The van der Waals surface area contributed by atoms with Crippen molar-refractivity contribution < 1.29 is 18.3 Å². The van der Waals surface area contributed by atoms with Gasteiger partial charge in [0.1, 0.15) is 0 Å². The molecule has 0 spiro atoms. The van der Waals surface area contributed by atoms with Crippen molar-refractivity contribution in [1.82, 2.24) is 9.29 Å². The summed E-state index contributed by atoms with van der Waals surface area (Å²) in [5.41, 5.74) is 3.32. The minimum absolute atomic E-state index is 0.0187. The van der Waals surface area contributed by atoms with Crippen LogP contribution in [-0.4, -0.2) is 28.8 Å². The number of sulfonamides is 1. The predicted molar refractivity (Wildman–Crippen MR) is 130 cm³/mol. The van der Waals surface area contributed by atoms with E-state index in [1.165, 1.54) is 22.5 Å². The molecule has 174 valence electrons. The molecular weight excluding hydrogens is 452 g/mol. The van der Waals surface area contributed by atoms with Gasteiger partial charge in [-0.1, -0.05) is 36.4 Å². The van der Waals surface area contributed by atoms with Crippen LogP contribution in [0.2, 0.25) is 0 Å². The molecule has 4 rings (SSSR count). The zero-order chi connectivity index (χ0) is 24.5. The Morgan fingerprint density at radius 1 is 0.912 bits per heavy atom. The van der Waals surface area contributed by atoms with Crippen LogP contribution in [0.15, 0.2) is 82.5 Å². The van der Waals surface area contributed by atoms with Crippen LogP contribution in [0.25, 0.3) is 10.9 Å². The number of H-pyrrole nitrogens is 1. The lowest BCUT2D eigenvalue weighted by molar-refractivity contribution is 0.0696. The molecule has 0 amide bonds. The molecule has 1 heterocycles. The van der Waals surface area contributed by atoms with Crippen molar-refractivity contribution in [3.63, 3.8) is 0 Å². The number of carbonyl (C=O) groups is 1. The molecule has 0 aliphatic rings. The maximum atomic E-state index is 13.6. The summed E-state index contributed by atoms with van der Waals surface area (Å²) in [6.07, 6.45) is 0. The second-order valence-corrected chi connectivity index (χ2v) is 10.2. The fourth-order valence-corrected chi connectivity index (χ4v) is 5.23. The maximum absolute atomic E-state index is 13.6. The third-order valence-corrected chi connectivity index (χ3v) is 7.59. The van der Waals surface area contributed by atoms with Crippen molar-refractivity contribution in [2.75, 3.05) is 0 Å². The van der Waals surface area contributed by atoms with Crippen molar-refractivity contribution in [2.45, 2.75) is 31.8 Å². The third kappa shape index (κ3) is 4.78. The first-order valence-electron chi connectivity index (χ1n) is 10.7. The van der Waals surface area contributed by atoms with Gasteiger partial charge < -0.3 is 10.1 Å². The highest BCUT2D eigenvalue weighted by Gasteiger charge is 2.27. The monoisotopic (exact) mass is 476 g/mol. The highest BCUT2D eigenvalue weighted by molar-refractivity contribution is 7.89. The topological polar surface area (TPSA) is 108 Å². The van der Waals surface area contributed by atoms with E-state index in [9.17, 15) is 23.1 Å². The number of aryl methyl sites for hydroxylation is 2. The van der Waals surface area contributed by atoms with E-state index in [2.05, 4.69) is 4.98 Å². The van der Waals surface area contributed by atoms with Gasteiger partial charge in [-0.2, -0.15) is 4.31 Å². The number of nitrogens with zero attached hydrogens (tertiary/aromatic N) is 1. The summed E-state index contributed by atoms with van der Waals surface area (Å²) in [5.74, 6) is -1.22. The number of carboxylic acids is 1. The van der Waals surface area contributed by atoms with Crippen molar-refractivity contribution >= 4 is 26.9 Å². The Kier molecular flexibility index (Phi) is 6.37. The van der Waals surface area contributed by atoms with Crippen LogP contribution in [-0.2, 0) is 23.1 Å². The van der Waals surface area contributed by atoms with Crippen molar-refractivity contribution in [3.05, 3.63) is 111 Å². The zero-order valence-electron chi connectivity index (χ0n) is 18.8. The minimum atomic E-state index is -4.12. The SMILES string of the molecule is Cc1cc2cc(CN(Cc3ccccc3)S(=O)(=O)c3cccc(C(=O)O)c3)c(=O)[nH]c2cc1C. The average Bonchev–Trinajstić information content (AvgIpc) is 2.81. The normalized spacial score (nSPS) is 11.7. The van der Waals surface area contributed by atoms with E-state index in [0.717, 1.165) is 28.1 Å². The van der Waals surface area contributed by atoms with Gasteiger partial charge in [0.15, 0.2) is 0 Å². The van der Waals surface area contributed by atoms with Gasteiger partial charge in [0, 0.05) is 24.2 Å². The third-order valence-electron chi connectivity index (χ3n) is 5.80. The van der Waals surface area contributed by atoms with Crippen LogP contribution >= 0.6 is 0 Å². The number of carboxylic acid groups (broad SMARTS) is 1. The van der Waals surface area contributed by atoms with Crippen LogP contribution in [0, 0.1) is 13.8 Å². The van der Waals surface area contributed by atoms with E-state index >= 15 is 0 Å². The van der Waals surface area contributed by atoms with Crippen LogP contribution in [0.1, 0.15) is 32.6 Å². The molecule has 4 aromatic rings. The van der Waals surface area contributed by atoms with E-state index < -0.39 is 16.0 Å². The number of hydrogen-bond donors (Lipinski definition) is 2. The van der Waals surface area contributed by atoms with Crippen LogP contribution in [0.4, 0.5) is 0 Å². The Labute approximate surface area is 197 Å². The summed E-state index contributed by atoms with van der Waals surface area (Å²) in [5, 5.41) is 10.1. The summed E-state index contributed by atoms with van der Waals surface area (Å²) < 4.78 is 28.4. The molecule has 0 unspecified atom stereocenters. The largest absolute Gasteiger partial charge is 0.478 e. The maximum Gasteiger partial charge on any atom is 0.335 e. The Morgan fingerprint density at radius 2 is 1.62 bits per heavy atom. The van der Waals surface area contributed by atoms with Gasteiger partial charge in [0.25, 0.3) is 5.56 Å². The fourth-order valence-electron chi connectivity index (χ4n) is 3.78. The molecule has 2 N–H and O–H groups in total. The smallest absolute Gasteiger partial charge is 0.335 e. The number of nitrogens with one attached hydrogen (secondary N) is 1. The predicted octanol–water partition coefficient (Wildman–Crippen LogP) is 4.23. The van der Waals surface area contributed by atoms with Gasteiger partial charge in [-0.05, 0) is 72.3 Å². The molecule has 0 bridgehead atoms. The van der Waals surface area contributed by atoms with Crippen LogP contribution < -0.4 is 5.56 Å². The second kappa shape index (κ2) is 9.24. The van der Waals surface area contributed by atoms with Gasteiger partial charge in [-0.15, -0.1) is 0 Å². The first-order chi connectivity index (χ1) is 16.1. The zero-order valence-corrected chi connectivity index (χ0v) is 19.6. The van der Waals surface area contributed by atoms with E-state index in [-0.39, 0.29) is 29.1 Å². The minimum Gasteiger partial charge on any atom is -0.478 e. The Hall–Kier alpha value is -3.75. The summed E-state index contributed by atoms with van der Waals surface area (Å²) in [4.78, 5) is 27.0. The molecule has 0 atom stereocenters. The Balaban J connectivity index is 1.80. The number of hydrogen-bond acceptors (Lipinski definition) is 4. The lowest BCUT2D eigenvalue weighted by atomic mass is 10.0. The molecule has 0 saturated carbocycles. The number of aromatic carboxylic acids is 1. The van der Waals surface area contributed by atoms with Gasteiger partial charge in [0.05, 0.1) is 10.5 Å². The molecule has 0 aliphatic carbocycles. The molecule has 0 aliphatic heterocycles. The standard InChI is InChI=1S/C26H24N2O5S/c1-17-11-21-13-22(25(29)27-24(21)12-18(17)2)16-28(15-19-7-4-3-5-8-19)34(32,33)23-10-6-9-20(14-23)26(30)31/h3-14H,15-16H2,1-2H3,(H,27,29)(H,30,31). The number of benzene rings is 3. The summed E-state index contributed by atoms with van der Waals surface area (Å²) in [6.45, 7) is 3.78. The summed E-state index contributed by atoms with van der Waals surface area (Å²) in [7, 11) is -4.12. The molecule has 8 heteroatoms. The number of pyridine rings is 1. The van der Waals surface area contributed by atoms with E-state index in [1.807, 2.05) is 32.0 Å². The summed E-state index contributed by atoms with van der Waals surface area (Å²) in [6, 6.07) is 19.8. The average molecular weight is 477 g/mol. The van der Waals surface area contributed by atoms with Crippen LogP contribution in [0.5, 0.6) is 0 Å². The van der Waals surface area contributed by atoms with Gasteiger partial charge in [0.2, 0.25) is 10.0 Å². The van der Waals surface area contributed by atoms with Gasteiger partial charge >= 0.3 is 5.97 Å². The Bertz CT molecular complexity index is 1540. The molecular formula is C26H24N2O5S. The van der Waals surface area contributed by atoms with Gasteiger partial charge in [-0.25, -0.2) is 13.2 Å². The molecule has 34 heavy (non-hydrogen) atoms. The lowest BCUT2D eigenvalue weighted by Gasteiger charge is -2.22. The second-order valence-electron chi connectivity index (χ2n) is 8.24. The molecule has 3 aromatic carbocycles. The highest BCUT2D eigenvalue weighted by Crippen LogP contribution is 2.23. The van der Waals surface area contributed by atoms with Crippen molar-refractivity contribution in [1.29, 1.82) is 0 Å². The molecule has 0 radical (unpaired) electrons. The Morgan fingerprint density at radius 3 is 2.32 bits per heavy atom. The number of aromatic nitrogens is 1. The van der Waals surface area contributed by atoms with Crippen molar-refractivity contribution in [2.24, 2.45) is 0 Å². The molecule has 0 saturated heterocycles. The number of aromatic amines is 1. The quantitative estimate of drug-likeness (QED) is 0.415. The van der Waals surface area contributed by atoms with E-state index in [1.54, 1.807) is 30.3 Å². The summed E-state index contributed by atoms with van der Waals surface area (Å²) >= 11 is 0. The van der Waals surface area contributed by atoms with E-state index in [0.29, 0.717) is 11.1 Å². The first kappa shape index (κ1) is 23.4. The number of rotatable bonds is 7. The molecule has 0 fully saturated rings. The highest BCUT2D eigenvalue weighted by atomic mass is 32.2. The van der Waals surface area contributed by atoms with Crippen molar-refractivity contribution in [3.8, 4) is 0 Å². The fraction of sp³-hybridized carbons (Fsp3) is 0.154. The lowest BCUT2D eigenvalue weighted by Crippen LogP contribution is -2.32. The molecule has 1 aromatic heterocycles.